The summed E-state index contributed by atoms with van der Waals surface area (Å²) >= 11 is 1.67. The van der Waals surface area contributed by atoms with E-state index >= 15 is 0 Å². The van der Waals surface area contributed by atoms with Crippen molar-refractivity contribution in [1.82, 2.24) is 4.98 Å². The topological polar surface area (TPSA) is 57.4 Å². The molecular formula is C16H22N2O2S. The fraction of sp³-hybridized carbons (Fsp3) is 0.438. The van der Waals surface area contributed by atoms with E-state index in [1.807, 2.05) is 30.5 Å². The molecule has 114 valence electrons. The van der Waals surface area contributed by atoms with Gasteiger partial charge in [-0.3, -0.25) is 0 Å². The van der Waals surface area contributed by atoms with E-state index in [2.05, 4.69) is 18.8 Å². The summed E-state index contributed by atoms with van der Waals surface area (Å²) in [5, 5.41) is 3.18. The Morgan fingerprint density at radius 1 is 1.24 bits per heavy atom. The van der Waals surface area contributed by atoms with E-state index in [0.29, 0.717) is 25.7 Å². The van der Waals surface area contributed by atoms with Gasteiger partial charge in [0.1, 0.15) is 6.61 Å². The first-order chi connectivity index (χ1) is 10.1. The molecule has 1 heterocycles. The summed E-state index contributed by atoms with van der Waals surface area (Å²) in [6.45, 7) is 7.77. The molecule has 0 unspecified atom stereocenters. The number of hydrogen-bond donors (Lipinski definition) is 1. The van der Waals surface area contributed by atoms with Crippen LogP contribution in [0.5, 0.6) is 11.5 Å². The summed E-state index contributed by atoms with van der Waals surface area (Å²) < 4.78 is 11.5. The molecule has 0 saturated heterocycles. The highest BCUT2D eigenvalue weighted by molar-refractivity contribution is 7.09. The maximum atomic E-state index is 5.85. The molecule has 0 spiro atoms. The molecule has 1 aromatic carbocycles. The van der Waals surface area contributed by atoms with Crippen LogP contribution in [0.3, 0.4) is 0 Å². The number of thiazole rings is 1. The number of aromatic nitrogens is 1. The van der Waals surface area contributed by atoms with Crippen LogP contribution in [0, 0.1) is 0 Å². The normalized spacial score (nSPS) is 10.9. The Hall–Kier alpha value is -1.59. The largest absolute Gasteiger partial charge is 0.490 e. The molecule has 0 bridgehead atoms. The van der Waals surface area contributed by atoms with Crippen molar-refractivity contribution >= 4 is 11.3 Å². The molecule has 21 heavy (non-hydrogen) atoms. The minimum absolute atomic E-state index is 0.450. The van der Waals surface area contributed by atoms with Gasteiger partial charge in [0, 0.05) is 17.8 Å². The second kappa shape index (κ2) is 7.43. The third kappa shape index (κ3) is 4.19. The van der Waals surface area contributed by atoms with Gasteiger partial charge in [0.2, 0.25) is 0 Å². The van der Waals surface area contributed by atoms with Crippen molar-refractivity contribution < 1.29 is 9.47 Å². The lowest BCUT2D eigenvalue weighted by Gasteiger charge is -2.12. The predicted molar refractivity (Wildman–Crippen MR) is 86.0 cm³/mol. The molecule has 0 radical (unpaired) electrons. The lowest BCUT2D eigenvalue weighted by molar-refractivity contribution is 0.266. The van der Waals surface area contributed by atoms with Crippen LogP contribution in [0.1, 0.15) is 43.0 Å². The highest BCUT2D eigenvalue weighted by Gasteiger charge is 2.09. The molecule has 5 heteroatoms. The van der Waals surface area contributed by atoms with Gasteiger partial charge in [-0.25, -0.2) is 4.98 Å². The number of nitrogens with two attached hydrogens (primary N) is 1. The van der Waals surface area contributed by atoms with E-state index in [1.54, 1.807) is 11.3 Å². The van der Waals surface area contributed by atoms with Crippen molar-refractivity contribution in [3.63, 3.8) is 0 Å². The van der Waals surface area contributed by atoms with E-state index in [4.69, 9.17) is 15.2 Å². The van der Waals surface area contributed by atoms with Gasteiger partial charge in [0.25, 0.3) is 0 Å². The fourth-order valence-electron chi connectivity index (χ4n) is 1.87. The zero-order valence-electron chi connectivity index (χ0n) is 12.8. The molecule has 0 aliphatic heterocycles. The number of hydrogen-bond acceptors (Lipinski definition) is 5. The predicted octanol–water partition coefficient (Wildman–Crippen LogP) is 3.70. The van der Waals surface area contributed by atoms with Crippen molar-refractivity contribution in [2.45, 2.75) is 39.8 Å². The molecule has 1 aromatic heterocycles. The third-order valence-corrected chi connectivity index (χ3v) is 4.18. The number of benzene rings is 1. The minimum Gasteiger partial charge on any atom is -0.490 e. The standard InChI is InChI=1S/C16H22N2O2S/c1-4-19-15-7-12(8-17)5-6-14(15)20-9-13-10-21-16(18-13)11(2)3/h5-7,10-11H,4,8-9,17H2,1-3H3. The Labute approximate surface area is 129 Å². The van der Waals surface area contributed by atoms with Crippen LogP contribution in [0.4, 0.5) is 0 Å². The van der Waals surface area contributed by atoms with Crippen molar-refractivity contribution in [2.24, 2.45) is 5.73 Å². The van der Waals surface area contributed by atoms with E-state index in [9.17, 15) is 0 Å². The summed E-state index contributed by atoms with van der Waals surface area (Å²) in [7, 11) is 0. The van der Waals surface area contributed by atoms with Gasteiger partial charge in [-0.1, -0.05) is 19.9 Å². The molecule has 0 aliphatic carbocycles. The van der Waals surface area contributed by atoms with Crippen molar-refractivity contribution in [3.8, 4) is 11.5 Å². The first-order valence-corrected chi connectivity index (χ1v) is 8.04. The van der Waals surface area contributed by atoms with Gasteiger partial charge in [0.05, 0.1) is 17.3 Å². The Morgan fingerprint density at radius 3 is 2.67 bits per heavy atom. The average molecular weight is 306 g/mol. The van der Waals surface area contributed by atoms with Gasteiger partial charge in [-0.05, 0) is 24.6 Å². The third-order valence-electron chi connectivity index (χ3n) is 2.98. The molecule has 0 amide bonds. The van der Waals surface area contributed by atoms with Gasteiger partial charge in [-0.2, -0.15) is 0 Å². The first-order valence-electron chi connectivity index (χ1n) is 7.17. The van der Waals surface area contributed by atoms with E-state index < -0.39 is 0 Å². The van der Waals surface area contributed by atoms with Gasteiger partial charge in [-0.15, -0.1) is 11.3 Å². The van der Waals surface area contributed by atoms with Crippen LogP contribution in [0.2, 0.25) is 0 Å². The average Bonchev–Trinajstić information content (AvgIpc) is 2.95. The summed E-state index contributed by atoms with van der Waals surface area (Å²) in [6.07, 6.45) is 0. The zero-order chi connectivity index (χ0) is 15.2. The minimum atomic E-state index is 0.450. The molecule has 0 aliphatic rings. The first kappa shape index (κ1) is 15.8. The van der Waals surface area contributed by atoms with Crippen molar-refractivity contribution in [3.05, 3.63) is 39.8 Å². The monoisotopic (exact) mass is 306 g/mol. The summed E-state index contributed by atoms with van der Waals surface area (Å²) in [4.78, 5) is 4.57. The summed E-state index contributed by atoms with van der Waals surface area (Å²) in [5.74, 6) is 1.92. The van der Waals surface area contributed by atoms with Crippen LogP contribution in [-0.2, 0) is 13.2 Å². The Bertz CT molecular complexity index is 581. The summed E-state index contributed by atoms with van der Waals surface area (Å²) in [5.41, 5.74) is 7.64. The smallest absolute Gasteiger partial charge is 0.161 e. The zero-order valence-corrected chi connectivity index (χ0v) is 13.6. The van der Waals surface area contributed by atoms with Crippen LogP contribution < -0.4 is 15.2 Å². The molecule has 4 nitrogen and oxygen atoms in total. The second-order valence-corrected chi connectivity index (χ2v) is 5.93. The number of ether oxygens (including phenoxy) is 2. The van der Waals surface area contributed by atoms with E-state index in [-0.39, 0.29) is 0 Å². The van der Waals surface area contributed by atoms with Crippen LogP contribution in [0.15, 0.2) is 23.6 Å². The molecule has 2 rings (SSSR count). The summed E-state index contributed by atoms with van der Waals surface area (Å²) in [6, 6.07) is 5.79. The SMILES string of the molecule is CCOc1cc(CN)ccc1OCc1csc(C(C)C)n1. The van der Waals surface area contributed by atoms with E-state index in [0.717, 1.165) is 27.8 Å². The van der Waals surface area contributed by atoms with Crippen molar-refractivity contribution in [1.29, 1.82) is 0 Å². The molecule has 0 atom stereocenters. The maximum Gasteiger partial charge on any atom is 0.161 e. The van der Waals surface area contributed by atoms with E-state index in [1.165, 1.54) is 0 Å². The number of rotatable bonds is 7. The second-order valence-electron chi connectivity index (χ2n) is 5.04. The number of nitrogens with zero attached hydrogens (tertiary/aromatic N) is 1. The van der Waals surface area contributed by atoms with Crippen LogP contribution in [0.25, 0.3) is 0 Å². The molecule has 2 N–H and O–H groups in total. The molecular weight excluding hydrogens is 284 g/mol. The fourth-order valence-corrected chi connectivity index (χ4v) is 2.69. The van der Waals surface area contributed by atoms with Crippen LogP contribution >= 0.6 is 11.3 Å². The Kier molecular flexibility index (Phi) is 5.59. The Morgan fingerprint density at radius 2 is 2.05 bits per heavy atom. The van der Waals surface area contributed by atoms with Gasteiger partial charge < -0.3 is 15.2 Å². The van der Waals surface area contributed by atoms with Crippen molar-refractivity contribution in [2.75, 3.05) is 6.61 Å². The quantitative estimate of drug-likeness (QED) is 0.847. The highest BCUT2D eigenvalue weighted by Crippen LogP contribution is 2.29. The molecule has 2 aromatic rings. The Balaban J connectivity index is 2.07. The lowest BCUT2D eigenvalue weighted by atomic mass is 10.2. The molecule has 0 fully saturated rings. The van der Waals surface area contributed by atoms with Gasteiger partial charge >= 0.3 is 0 Å². The molecule has 0 saturated carbocycles. The lowest BCUT2D eigenvalue weighted by Crippen LogP contribution is -2.02. The maximum absolute atomic E-state index is 5.85. The van der Waals surface area contributed by atoms with Gasteiger partial charge in [0.15, 0.2) is 11.5 Å². The highest BCUT2D eigenvalue weighted by atomic mass is 32.1. The van der Waals surface area contributed by atoms with Crippen LogP contribution in [-0.4, -0.2) is 11.6 Å².